The number of rotatable bonds is 5. The number of carboxylic acid groups (broad SMARTS) is 1. The van der Waals surface area contributed by atoms with Gasteiger partial charge in [0.15, 0.2) is 0 Å². The van der Waals surface area contributed by atoms with Crippen molar-refractivity contribution in [1.29, 1.82) is 0 Å². The Kier molecular flexibility index (Phi) is 5.33. The number of morpholine rings is 1. The zero-order valence-electron chi connectivity index (χ0n) is 14.6. The Morgan fingerprint density at radius 2 is 2.00 bits per heavy atom. The monoisotopic (exact) mass is 351 g/mol. The molecule has 0 radical (unpaired) electrons. The Bertz CT molecular complexity index is 598. The fourth-order valence-electron chi connectivity index (χ4n) is 3.92. The molecule has 9 heteroatoms. The third kappa shape index (κ3) is 4.35. The van der Waals surface area contributed by atoms with Crippen molar-refractivity contribution in [3.8, 4) is 0 Å². The Balaban J connectivity index is 1.62. The first kappa shape index (κ1) is 17.8. The molecule has 0 saturated carbocycles. The zero-order valence-corrected chi connectivity index (χ0v) is 14.6. The van der Waals surface area contributed by atoms with Crippen LogP contribution in [0.25, 0.3) is 0 Å². The number of nitrogens with zero attached hydrogens (tertiary/aromatic N) is 4. The molecule has 2 fully saturated rings. The molecule has 0 spiro atoms. The van der Waals surface area contributed by atoms with E-state index in [0.717, 1.165) is 5.69 Å². The molecule has 138 valence electrons. The second-order valence-electron chi connectivity index (χ2n) is 7.11. The third-order valence-corrected chi connectivity index (χ3v) is 4.90. The van der Waals surface area contributed by atoms with Gasteiger partial charge in [0.1, 0.15) is 0 Å². The average Bonchev–Trinajstić information content (AvgIpc) is 3.15. The standard InChI is InChI=1S/C16H25N5O4/c1-10-5-21(6-11(2)25-10)15(22)9-20-7-12(3-16(23)24)13(8-20)14-4-17-19-18-14/h4,10-13H,3,5-9H2,1-2H3,(H,23,24)(H,17,18,19)/t10-,11+,12-,13+/m0/s1. The van der Waals surface area contributed by atoms with Gasteiger partial charge in [0.25, 0.3) is 0 Å². The SMILES string of the molecule is C[C@@H]1CN(C(=O)CN2C[C@H](CC(=O)O)[C@H](c3cn[nH]n3)C2)C[C@H](C)O1. The van der Waals surface area contributed by atoms with Gasteiger partial charge in [0, 0.05) is 32.1 Å². The van der Waals surface area contributed by atoms with E-state index < -0.39 is 5.97 Å². The van der Waals surface area contributed by atoms with E-state index in [1.54, 1.807) is 6.20 Å². The van der Waals surface area contributed by atoms with Crippen molar-refractivity contribution < 1.29 is 19.4 Å². The molecule has 2 N–H and O–H groups in total. The van der Waals surface area contributed by atoms with Crippen LogP contribution < -0.4 is 0 Å². The number of carbonyl (C=O) groups is 2. The lowest BCUT2D eigenvalue weighted by Crippen LogP contribution is -2.50. The minimum absolute atomic E-state index is 0.0230. The fraction of sp³-hybridized carbons (Fsp3) is 0.750. The first-order chi connectivity index (χ1) is 11.9. The average molecular weight is 351 g/mol. The number of hydrogen-bond donors (Lipinski definition) is 2. The van der Waals surface area contributed by atoms with E-state index in [1.807, 2.05) is 23.6 Å². The summed E-state index contributed by atoms with van der Waals surface area (Å²) in [6.45, 7) is 6.62. The molecule has 0 aromatic carbocycles. The molecule has 2 aliphatic heterocycles. The minimum Gasteiger partial charge on any atom is -0.481 e. The van der Waals surface area contributed by atoms with Crippen molar-refractivity contribution in [3.05, 3.63) is 11.9 Å². The van der Waals surface area contributed by atoms with Crippen LogP contribution >= 0.6 is 0 Å². The van der Waals surface area contributed by atoms with Gasteiger partial charge in [0.2, 0.25) is 5.91 Å². The summed E-state index contributed by atoms with van der Waals surface area (Å²) in [7, 11) is 0. The molecule has 3 heterocycles. The normalized spacial score (nSPS) is 30.6. The van der Waals surface area contributed by atoms with Gasteiger partial charge < -0.3 is 14.7 Å². The van der Waals surface area contributed by atoms with Crippen LogP contribution in [0, 0.1) is 5.92 Å². The summed E-state index contributed by atoms with van der Waals surface area (Å²) in [5.74, 6) is -0.859. The number of aliphatic carboxylic acids is 1. The molecular weight excluding hydrogens is 326 g/mol. The van der Waals surface area contributed by atoms with E-state index in [9.17, 15) is 9.59 Å². The van der Waals surface area contributed by atoms with Crippen molar-refractivity contribution in [1.82, 2.24) is 25.2 Å². The van der Waals surface area contributed by atoms with Crippen LogP contribution in [0.4, 0.5) is 0 Å². The summed E-state index contributed by atoms with van der Waals surface area (Å²) in [5, 5.41) is 19.7. The van der Waals surface area contributed by atoms with Crippen LogP contribution in [0.1, 0.15) is 31.9 Å². The van der Waals surface area contributed by atoms with Crippen molar-refractivity contribution in [2.24, 2.45) is 5.92 Å². The van der Waals surface area contributed by atoms with Gasteiger partial charge in [0.05, 0.1) is 37.1 Å². The quantitative estimate of drug-likeness (QED) is 0.764. The van der Waals surface area contributed by atoms with Crippen molar-refractivity contribution in [2.45, 2.75) is 38.4 Å². The Morgan fingerprint density at radius 1 is 1.28 bits per heavy atom. The van der Waals surface area contributed by atoms with E-state index in [4.69, 9.17) is 9.84 Å². The van der Waals surface area contributed by atoms with Gasteiger partial charge in [-0.15, -0.1) is 0 Å². The predicted octanol–water partition coefficient (Wildman–Crippen LogP) is -0.0694. The molecular formula is C16H25N5O4. The lowest BCUT2D eigenvalue weighted by atomic mass is 9.91. The molecule has 0 bridgehead atoms. The predicted molar refractivity (Wildman–Crippen MR) is 87.9 cm³/mol. The van der Waals surface area contributed by atoms with E-state index in [1.165, 1.54) is 0 Å². The third-order valence-electron chi connectivity index (χ3n) is 4.90. The Hall–Kier alpha value is -2.00. The molecule has 1 amide bonds. The summed E-state index contributed by atoms with van der Waals surface area (Å²) >= 11 is 0. The summed E-state index contributed by atoms with van der Waals surface area (Å²) in [4.78, 5) is 27.7. The summed E-state index contributed by atoms with van der Waals surface area (Å²) in [6, 6.07) is 0. The smallest absolute Gasteiger partial charge is 0.303 e. The zero-order chi connectivity index (χ0) is 18.0. The number of H-pyrrole nitrogens is 1. The molecule has 2 saturated heterocycles. The van der Waals surface area contributed by atoms with Gasteiger partial charge in [-0.2, -0.15) is 15.4 Å². The number of nitrogens with one attached hydrogen (secondary N) is 1. The highest BCUT2D eigenvalue weighted by molar-refractivity contribution is 5.78. The topological polar surface area (TPSA) is 112 Å². The van der Waals surface area contributed by atoms with Gasteiger partial charge in [-0.3, -0.25) is 14.5 Å². The van der Waals surface area contributed by atoms with E-state index in [2.05, 4.69) is 15.4 Å². The summed E-state index contributed by atoms with van der Waals surface area (Å²) < 4.78 is 5.67. The Labute approximate surface area is 146 Å². The van der Waals surface area contributed by atoms with Crippen LogP contribution in [-0.4, -0.2) is 87.1 Å². The first-order valence-corrected chi connectivity index (χ1v) is 8.65. The number of aromatic nitrogens is 3. The van der Waals surface area contributed by atoms with Crippen LogP contribution in [0.5, 0.6) is 0 Å². The van der Waals surface area contributed by atoms with Crippen LogP contribution in [0.3, 0.4) is 0 Å². The number of carboxylic acids is 1. The molecule has 4 atom stereocenters. The highest BCUT2D eigenvalue weighted by Crippen LogP contribution is 2.33. The Morgan fingerprint density at radius 3 is 2.60 bits per heavy atom. The van der Waals surface area contributed by atoms with Crippen LogP contribution in [0.15, 0.2) is 6.20 Å². The molecule has 0 aliphatic carbocycles. The van der Waals surface area contributed by atoms with E-state index >= 15 is 0 Å². The van der Waals surface area contributed by atoms with Crippen LogP contribution in [0.2, 0.25) is 0 Å². The van der Waals surface area contributed by atoms with Crippen LogP contribution in [-0.2, 0) is 14.3 Å². The first-order valence-electron chi connectivity index (χ1n) is 8.65. The maximum Gasteiger partial charge on any atom is 0.303 e. The maximum absolute atomic E-state index is 12.6. The second-order valence-corrected chi connectivity index (χ2v) is 7.11. The molecule has 9 nitrogen and oxygen atoms in total. The largest absolute Gasteiger partial charge is 0.481 e. The number of ether oxygens (including phenoxy) is 1. The highest BCUT2D eigenvalue weighted by Gasteiger charge is 2.38. The molecule has 25 heavy (non-hydrogen) atoms. The maximum atomic E-state index is 12.6. The van der Waals surface area contributed by atoms with Crippen molar-refractivity contribution >= 4 is 11.9 Å². The summed E-state index contributed by atoms with van der Waals surface area (Å²) in [6.07, 6.45) is 1.77. The summed E-state index contributed by atoms with van der Waals surface area (Å²) in [5.41, 5.74) is 0.759. The van der Waals surface area contributed by atoms with E-state index in [-0.39, 0.29) is 36.4 Å². The lowest BCUT2D eigenvalue weighted by Gasteiger charge is -2.36. The minimum atomic E-state index is -0.831. The van der Waals surface area contributed by atoms with Gasteiger partial charge in [-0.25, -0.2) is 0 Å². The number of amides is 1. The number of hydrogen-bond acceptors (Lipinski definition) is 6. The molecule has 0 unspecified atom stereocenters. The van der Waals surface area contributed by atoms with Crippen molar-refractivity contribution in [3.63, 3.8) is 0 Å². The van der Waals surface area contributed by atoms with Gasteiger partial charge in [-0.1, -0.05) is 0 Å². The van der Waals surface area contributed by atoms with Crippen molar-refractivity contribution in [2.75, 3.05) is 32.7 Å². The number of likely N-dealkylation sites (tertiary alicyclic amines) is 1. The van der Waals surface area contributed by atoms with Gasteiger partial charge >= 0.3 is 5.97 Å². The number of aromatic amines is 1. The highest BCUT2D eigenvalue weighted by atomic mass is 16.5. The lowest BCUT2D eigenvalue weighted by molar-refractivity contribution is -0.144. The van der Waals surface area contributed by atoms with Gasteiger partial charge in [-0.05, 0) is 19.8 Å². The molecule has 3 rings (SSSR count). The van der Waals surface area contributed by atoms with E-state index in [0.29, 0.717) is 32.7 Å². The molecule has 1 aromatic rings. The fourth-order valence-corrected chi connectivity index (χ4v) is 3.92. The molecule has 2 aliphatic rings. The molecule has 1 aromatic heterocycles. The number of carbonyl (C=O) groups excluding carboxylic acids is 1. The second kappa shape index (κ2) is 7.49.